The molecule has 0 fully saturated rings. The fourth-order valence-electron chi connectivity index (χ4n) is 2.17. The number of nitrogens with zero attached hydrogens (tertiary/aromatic N) is 1. The highest BCUT2D eigenvalue weighted by Gasteiger charge is 2.19. The van der Waals surface area contributed by atoms with Crippen LogP contribution in [0.25, 0.3) is 10.1 Å². The van der Waals surface area contributed by atoms with Gasteiger partial charge in [-0.05, 0) is 34.5 Å². The Bertz CT molecular complexity index is 710. The highest BCUT2D eigenvalue weighted by Crippen LogP contribution is 2.33. The van der Waals surface area contributed by atoms with Crippen LogP contribution in [-0.2, 0) is 0 Å². The molecule has 0 saturated carbocycles. The molecule has 1 atom stereocenters. The van der Waals surface area contributed by atoms with Crippen LogP contribution in [0.4, 0.5) is 0 Å². The van der Waals surface area contributed by atoms with Crippen LogP contribution < -0.4 is 11.3 Å². The van der Waals surface area contributed by atoms with Crippen LogP contribution in [0.3, 0.4) is 0 Å². The van der Waals surface area contributed by atoms with Gasteiger partial charge >= 0.3 is 0 Å². The van der Waals surface area contributed by atoms with Crippen molar-refractivity contribution in [2.24, 2.45) is 5.84 Å². The highest BCUT2D eigenvalue weighted by atomic mass is 35.5. The molecule has 3 N–H and O–H groups in total. The van der Waals surface area contributed by atoms with E-state index in [1.165, 1.54) is 10.1 Å². The van der Waals surface area contributed by atoms with E-state index in [9.17, 15) is 0 Å². The monoisotopic (exact) mass is 289 g/mol. The summed E-state index contributed by atoms with van der Waals surface area (Å²) in [6.07, 6.45) is 1.72. The molecule has 0 aliphatic heterocycles. The Balaban J connectivity index is 2.18. The largest absolute Gasteiger partial charge is 0.271 e. The van der Waals surface area contributed by atoms with Crippen LogP contribution in [0.5, 0.6) is 0 Å². The lowest BCUT2D eigenvalue weighted by atomic mass is 10.0. The van der Waals surface area contributed by atoms with Crippen LogP contribution >= 0.6 is 22.9 Å². The van der Waals surface area contributed by atoms with Gasteiger partial charge in [0.05, 0.1) is 16.8 Å². The Morgan fingerprint density at radius 1 is 1.21 bits per heavy atom. The van der Waals surface area contributed by atoms with E-state index in [1.807, 2.05) is 24.3 Å². The van der Waals surface area contributed by atoms with Gasteiger partial charge in [-0.3, -0.25) is 10.8 Å². The fraction of sp³-hybridized carbons (Fsp3) is 0.0714. The molecule has 0 aliphatic carbocycles. The van der Waals surface area contributed by atoms with Gasteiger partial charge in [0, 0.05) is 10.9 Å². The zero-order valence-electron chi connectivity index (χ0n) is 10.0. The van der Waals surface area contributed by atoms with Crippen molar-refractivity contribution in [1.82, 2.24) is 10.4 Å². The molecule has 0 bridgehead atoms. The average molecular weight is 290 g/mol. The van der Waals surface area contributed by atoms with Gasteiger partial charge in [-0.25, -0.2) is 5.43 Å². The van der Waals surface area contributed by atoms with E-state index in [0.717, 1.165) is 11.3 Å². The minimum absolute atomic E-state index is 0.212. The van der Waals surface area contributed by atoms with Gasteiger partial charge in [-0.15, -0.1) is 11.3 Å². The van der Waals surface area contributed by atoms with E-state index < -0.39 is 0 Å². The van der Waals surface area contributed by atoms with E-state index in [4.69, 9.17) is 17.4 Å². The Labute approximate surface area is 120 Å². The molecule has 3 aromatic rings. The van der Waals surface area contributed by atoms with Crippen molar-refractivity contribution in [3.8, 4) is 0 Å². The predicted octanol–water partition coefficient (Wildman–Crippen LogP) is 3.50. The number of hydrogen-bond donors (Lipinski definition) is 2. The lowest BCUT2D eigenvalue weighted by molar-refractivity contribution is 0.625. The Morgan fingerprint density at radius 2 is 2.11 bits per heavy atom. The molecular weight excluding hydrogens is 278 g/mol. The minimum Gasteiger partial charge on any atom is -0.271 e. The molecule has 0 amide bonds. The quantitative estimate of drug-likeness (QED) is 0.573. The normalized spacial score (nSPS) is 12.7. The van der Waals surface area contributed by atoms with Crippen molar-refractivity contribution in [3.05, 3.63) is 64.3 Å². The summed E-state index contributed by atoms with van der Waals surface area (Å²) >= 11 is 7.91. The molecule has 5 heteroatoms. The van der Waals surface area contributed by atoms with Gasteiger partial charge in [-0.1, -0.05) is 29.8 Å². The number of nitrogens with one attached hydrogen (secondary N) is 1. The summed E-state index contributed by atoms with van der Waals surface area (Å²) in [7, 11) is 0. The molecular formula is C14H12ClN3S. The number of hydrogen-bond acceptors (Lipinski definition) is 4. The summed E-state index contributed by atoms with van der Waals surface area (Å²) in [6.45, 7) is 0. The summed E-state index contributed by atoms with van der Waals surface area (Å²) in [5.74, 6) is 5.72. The van der Waals surface area contributed by atoms with Crippen molar-refractivity contribution >= 4 is 33.0 Å². The molecule has 2 aromatic heterocycles. The molecule has 96 valence electrons. The summed E-state index contributed by atoms with van der Waals surface area (Å²) in [4.78, 5) is 4.35. The second-order valence-corrected chi connectivity index (χ2v) is 5.48. The first-order valence-corrected chi connectivity index (χ1v) is 7.09. The standard InChI is InChI=1S/C14H12ClN3S/c15-11-5-2-7-17-13(11)12(18-16)10-4-1-3-9-6-8-19-14(9)10/h1-8,12,18H,16H2. The van der Waals surface area contributed by atoms with Gasteiger partial charge in [0.1, 0.15) is 0 Å². The summed E-state index contributed by atoms with van der Waals surface area (Å²) in [5, 5.41) is 3.88. The van der Waals surface area contributed by atoms with Crippen LogP contribution in [0.15, 0.2) is 48.0 Å². The number of pyridine rings is 1. The molecule has 0 aliphatic rings. The van der Waals surface area contributed by atoms with Gasteiger partial charge in [0.2, 0.25) is 0 Å². The van der Waals surface area contributed by atoms with Gasteiger partial charge < -0.3 is 0 Å². The molecule has 0 radical (unpaired) electrons. The number of aromatic nitrogens is 1. The molecule has 1 unspecified atom stereocenters. The van der Waals surface area contributed by atoms with Crippen molar-refractivity contribution in [2.75, 3.05) is 0 Å². The number of thiophene rings is 1. The Kier molecular flexibility index (Phi) is 3.48. The third kappa shape index (κ3) is 2.24. The maximum Gasteiger partial charge on any atom is 0.0910 e. The molecule has 3 nitrogen and oxygen atoms in total. The zero-order valence-corrected chi connectivity index (χ0v) is 11.6. The second kappa shape index (κ2) is 5.27. The fourth-order valence-corrected chi connectivity index (χ4v) is 3.35. The van der Waals surface area contributed by atoms with E-state index >= 15 is 0 Å². The van der Waals surface area contributed by atoms with E-state index in [-0.39, 0.29) is 6.04 Å². The zero-order chi connectivity index (χ0) is 13.2. The lowest BCUT2D eigenvalue weighted by Gasteiger charge is -2.17. The number of nitrogens with two attached hydrogens (primary N) is 1. The van der Waals surface area contributed by atoms with E-state index in [2.05, 4.69) is 27.9 Å². The Morgan fingerprint density at radius 3 is 2.89 bits per heavy atom. The van der Waals surface area contributed by atoms with Crippen LogP contribution in [-0.4, -0.2) is 4.98 Å². The SMILES string of the molecule is NNC(c1ncccc1Cl)c1cccc2ccsc12. The third-order valence-corrected chi connectivity index (χ3v) is 4.35. The summed E-state index contributed by atoms with van der Waals surface area (Å²) in [6, 6.07) is 11.7. The van der Waals surface area contributed by atoms with Crippen LogP contribution in [0.2, 0.25) is 5.02 Å². The van der Waals surface area contributed by atoms with E-state index in [1.54, 1.807) is 17.5 Å². The number of fused-ring (bicyclic) bond motifs is 1. The third-order valence-electron chi connectivity index (χ3n) is 3.05. The molecule has 0 spiro atoms. The number of benzene rings is 1. The van der Waals surface area contributed by atoms with Crippen LogP contribution in [0.1, 0.15) is 17.3 Å². The van der Waals surface area contributed by atoms with Crippen LogP contribution in [0, 0.1) is 0 Å². The smallest absolute Gasteiger partial charge is 0.0910 e. The molecule has 2 heterocycles. The second-order valence-electron chi connectivity index (χ2n) is 4.16. The minimum atomic E-state index is -0.212. The molecule has 1 aromatic carbocycles. The topological polar surface area (TPSA) is 50.9 Å². The van der Waals surface area contributed by atoms with Gasteiger partial charge in [0.25, 0.3) is 0 Å². The molecule has 3 rings (SSSR count). The molecule has 0 saturated heterocycles. The summed E-state index contributed by atoms with van der Waals surface area (Å²) in [5.41, 5.74) is 4.65. The first kappa shape index (κ1) is 12.6. The van der Waals surface area contributed by atoms with Gasteiger partial charge in [0.15, 0.2) is 0 Å². The van der Waals surface area contributed by atoms with Crippen molar-refractivity contribution in [3.63, 3.8) is 0 Å². The first-order chi connectivity index (χ1) is 9.31. The van der Waals surface area contributed by atoms with E-state index in [0.29, 0.717) is 5.02 Å². The maximum absolute atomic E-state index is 6.22. The Hall–Kier alpha value is -1.46. The highest BCUT2D eigenvalue weighted by molar-refractivity contribution is 7.17. The van der Waals surface area contributed by atoms with Gasteiger partial charge in [-0.2, -0.15) is 0 Å². The molecule has 19 heavy (non-hydrogen) atoms. The number of rotatable bonds is 3. The first-order valence-electron chi connectivity index (χ1n) is 5.84. The van der Waals surface area contributed by atoms with Crippen molar-refractivity contribution in [1.29, 1.82) is 0 Å². The lowest BCUT2D eigenvalue weighted by Crippen LogP contribution is -2.29. The summed E-state index contributed by atoms with van der Waals surface area (Å²) < 4.78 is 1.20. The number of halogens is 1. The maximum atomic E-state index is 6.22. The predicted molar refractivity (Wildman–Crippen MR) is 80.2 cm³/mol. The average Bonchev–Trinajstić information content (AvgIpc) is 2.91. The number of hydrazine groups is 1. The van der Waals surface area contributed by atoms with Crippen molar-refractivity contribution < 1.29 is 0 Å². The van der Waals surface area contributed by atoms with Crippen molar-refractivity contribution in [2.45, 2.75) is 6.04 Å².